The molecule has 0 bridgehead atoms. The van der Waals surface area contributed by atoms with Gasteiger partial charge in [-0.1, -0.05) is 29.8 Å². The van der Waals surface area contributed by atoms with Crippen LogP contribution in [0.1, 0.15) is 31.9 Å². The van der Waals surface area contributed by atoms with Crippen molar-refractivity contribution in [3.05, 3.63) is 35.4 Å². The van der Waals surface area contributed by atoms with Gasteiger partial charge in [-0.25, -0.2) is 9.59 Å². The van der Waals surface area contributed by atoms with Crippen LogP contribution in [0.2, 0.25) is 0 Å². The molecule has 0 fully saturated rings. The van der Waals surface area contributed by atoms with Crippen LogP contribution in [0, 0.1) is 6.92 Å². The molecule has 1 aromatic carbocycles. The van der Waals surface area contributed by atoms with Crippen LogP contribution in [0.15, 0.2) is 29.4 Å². The molecule has 7 nitrogen and oxygen atoms in total. The Morgan fingerprint density at radius 3 is 2.32 bits per heavy atom. The molecule has 0 saturated carbocycles. The monoisotopic (exact) mass is 369 g/mol. The molecule has 1 aliphatic heterocycles. The molecule has 0 saturated heterocycles. The Morgan fingerprint density at radius 2 is 1.84 bits per heavy atom. The molecule has 1 atom stereocenters. The van der Waals surface area contributed by atoms with Gasteiger partial charge in [-0.2, -0.15) is 10.1 Å². The van der Waals surface area contributed by atoms with Gasteiger partial charge in [-0.15, -0.1) is 12.4 Å². The fourth-order valence-corrected chi connectivity index (χ4v) is 2.35. The summed E-state index contributed by atoms with van der Waals surface area (Å²) in [6, 6.07) is 7.08. The number of halogens is 1. The third kappa shape index (κ3) is 5.09. The number of carboxylic acid groups (broad SMARTS) is 1. The smallest absolute Gasteiger partial charge is 0.428 e. The van der Waals surface area contributed by atoms with E-state index < -0.39 is 23.8 Å². The Labute approximate surface area is 153 Å². The molecule has 25 heavy (non-hydrogen) atoms. The minimum atomic E-state index is -1.15. The SMILES string of the molecule is Cc1ccc(C2=NN(C(=O)O)CC2N(C)C(=O)OC(C)(C)C)cc1.Cl. The number of carbonyl (C=O) groups excluding carboxylic acids is 1. The Hall–Kier alpha value is -2.28. The molecule has 0 radical (unpaired) electrons. The van der Waals surface area contributed by atoms with Crippen LogP contribution in [0.25, 0.3) is 0 Å². The van der Waals surface area contributed by atoms with Crippen molar-refractivity contribution in [1.29, 1.82) is 0 Å². The number of hydrogen-bond acceptors (Lipinski definition) is 4. The lowest BCUT2D eigenvalue weighted by molar-refractivity contribution is 0.0258. The quantitative estimate of drug-likeness (QED) is 0.866. The zero-order valence-corrected chi connectivity index (χ0v) is 15.8. The second-order valence-corrected chi connectivity index (χ2v) is 6.82. The van der Waals surface area contributed by atoms with Crippen molar-refractivity contribution in [2.45, 2.75) is 39.3 Å². The van der Waals surface area contributed by atoms with Crippen molar-refractivity contribution in [3.8, 4) is 0 Å². The third-order valence-corrected chi connectivity index (χ3v) is 3.61. The minimum absolute atomic E-state index is 0. The second kappa shape index (κ2) is 7.74. The van der Waals surface area contributed by atoms with Crippen molar-refractivity contribution in [3.63, 3.8) is 0 Å². The first-order valence-corrected chi connectivity index (χ1v) is 7.70. The van der Waals surface area contributed by atoms with Crippen molar-refractivity contribution < 1.29 is 19.4 Å². The van der Waals surface area contributed by atoms with Gasteiger partial charge in [0.15, 0.2) is 0 Å². The molecule has 0 spiro atoms. The normalized spacial score (nSPS) is 16.8. The van der Waals surface area contributed by atoms with Crippen LogP contribution >= 0.6 is 12.4 Å². The fourth-order valence-electron chi connectivity index (χ4n) is 2.35. The first kappa shape index (κ1) is 20.8. The summed E-state index contributed by atoms with van der Waals surface area (Å²) in [4.78, 5) is 25.0. The van der Waals surface area contributed by atoms with Crippen molar-refractivity contribution in [2.24, 2.45) is 5.10 Å². The number of ether oxygens (including phenoxy) is 1. The maximum Gasteiger partial charge on any atom is 0.428 e. The Balaban J connectivity index is 0.00000312. The first-order chi connectivity index (χ1) is 11.1. The zero-order valence-electron chi connectivity index (χ0n) is 15.0. The van der Waals surface area contributed by atoms with E-state index in [1.807, 2.05) is 31.2 Å². The number of amides is 2. The summed E-state index contributed by atoms with van der Waals surface area (Å²) in [7, 11) is 1.59. The van der Waals surface area contributed by atoms with Crippen LogP contribution < -0.4 is 0 Å². The van der Waals surface area contributed by atoms with Crippen molar-refractivity contribution >= 4 is 30.3 Å². The van der Waals surface area contributed by atoms with Crippen LogP contribution in [0.5, 0.6) is 0 Å². The highest BCUT2D eigenvalue weighted by molar-refractivity contribution is 6.07. The van der Waals surface area contributed by atoms with Gasteiger partial charge in [0.05, 0.1) is 18.3 Å². The average Bonchev–Trinajstić information content (AvgIpc) is 2.90. The number of likely N-dealkylation sites (N-methyl/N-ethyl adjacent to an activating group) is 1. The molecular weight excluding hydrogens is 346 g/mol. The predicted molar refractivity (Wildman–Crippen MR) is 97.5 cm³/mol. The summed E-state index contributed by atoms with van der Waals surface area (Å²) in [5, 5.41) is 14.3. The molecule has 1 heterocycles. The first-order valence-electron chi connectivity index (χ1n) is 7.70. The van der Waals surface area contributed by atoms with Gasteiger partial charge in [0.2, 0.25) is 0 Å². The number of carbonyl (C=O) groups is 2. The Bertz CT molecular complexity index is 667. The highest BCUT2D eigenvalue weighted by Gasteiger charge is 2.37. The lowest BCUT2D eigenvalue weighted by Gasteiger charge is -2.29. The maximum atomic E-state index is 12.3. The standard InChI is InChI=1S/C17H23N3O4.ClH/c1-11-6-8-12(9-7-11)14-13(10-20(18-14)15(21)22)19(5)16(23)24-17(2,3)4;/h6-9,13H,10H2,1-5H3,(H,21,22);1H. The Kier molecular flexibility index (Phi) is 6.42. The van der Waals surface area contributed by atoms with E-state index in [2.05, 4.69) is 5.10 Å². The molecule has 2 rings (SSSR count). The topological polar surface area (TPSA) is 82.4 Å². The van der Waals surface area contributed by atoms with E-state index in [1.54, 1.807) is 27.8 Å². The molecule has 0 aliphatic carbocycles. The second-order valence-electron chi connectivity index (χ2n) is 6.82. The Morgan fingerprint density at radius 1 is 1.28 bits per heavy atom. The number of nitrogens with zero attached hydrogens (tertiary/aromatic N) is 3. The van der Waals surface area contributed by atoms with Gasteiger partial charge in [-0.3, -0.25) is 0 Å². The van der Waals surface area contributed by atoms with Crippen molar-refractivity contribution in [2.75, 3.05) is 13.6 Å². The van der Waals surface area contributed by atoms with E-state index in [0.29, 0.717) is 5.71 Å². The highest BCUT2D eigenvalue weighted by atomic mass is 35.5. The maximum absolute atomic E-state index is 12.3. The molecule has 8 heteroatoms. The summed E-state index contributed by atoms with van der Waals surface area (Å²) >= 11 is 0. The number of hydrogen-bond donors (Lipinski definition) is 1. The molecule has 1 aromatic rings. The molecule has 2 amide bonds. The summed E-state index contributed by atoms with van der Waals surface area (Å²) in [5.41, 5.74) is 1.78. The third-order valence-electron chi connectivity index (χ3n) is 3.61. The van der Waals surface area contributed by atoms with Gasteiger partial charge in [0.1, 0.15) is 5.60 Å². The lowest BCUT2D eigenvalue weighted by Crippen LogP contribution is -2.46. The van der Waals surface area contributed by atoms with Crippen molar-refractivity contribution in [1.82, 2.24) is 9.91 Å². The van der Waals surface area contributed by atoms with Gasteiger partial charge < -0.3 is 14.7 Å². The van der Waals surface area contributed by atoms with Gasteiger partial charge in [0, 0.05) is 7.05 Å². The molecule has 1 aliphatic rings. The molecule has 1 unspecified atom stereocenters. The number of hydrazone groups is 1. The van der Waals surface area contributed by atoms with Gasteiger partial charge >= 0.3 is 12.2 Å². The summed E-state index contributed by atoms with van der Waals surface area (Å²) < 4.78 is 5.38. The van der Waals surface area contributed by atoms with E-state index in [1.165, 1.54) is 4.90 Å². The van der Waals surface area contributed by atoms with Gasteiger partial charge in [0.25, 0.3) is 0 Å². The van der Waals surface area contributed by atoms with E-state index in [9.17, 15) is 14.7 Å². The van der Waals surface area contributed by atoms with E-state index in [4.69, 9.17) is 4.74 Å². The number of rotatable bonds is 2. The van der Waals surface area contributed by atoms with Crippen LogP contribution in [0.3, 0.4) is 0 Å². The van der Waals surface area contributed by atoms with E-state index in [-0.39, 0.29) is 19.0 Å². The molecule has 138 valence electrons. The number of aryl methyl sites for hydroxylation is 1. The summed E-state index contributed by atoms with van der Waals surface area (Å²) in [5.74, 6) is 0. The highest BCUT2D eigenvalue weighted by Crippen LogP contribution is 2.21. The summed E-state index contributed by atoms with van der Waals surface area (Å²) in [6.07, 6.45) is -1.67. The van der Waals surface area contributed by atoms with Crippen LogP contribution in [-0.2, 0) is 4.74 Å². The zero-order chi connectivity index (χ0) is 18.1. The molecule has 1 N–H and O–H groups in total. The largest absolute Gasteiger partial charge is 0.464 e. The average molecular weight is 370 g/mol. The summed E-state index contributed by atoms with van der Waals surface area (Å²) in [6.45, 7) is 7.39. The van der Waals surface area contributed by atoms with Crippen LogP contribution in [0.4, 0.5) is 9.59 Å². The molecular formula is C17H24ClN3O4. The van der Waals surface area contributed by atoms with E-state index in [0.717, 1.165) is 16.1 Å². The van der Waals surface area contributed by atoms with Gasteiger partial charge in [-0.05, 0) is 33.3 Å². The van der Waals surface area contributed by atoms with Crippen LogP contribution in [-0.4, -0.2) is 58.1 Å². The number of benzene rings is 1. The predicted octanol–water partition coefficient (Wildman–Crippen LogP) is 3.35. The van der Waals surface area contributed by atoms with E-state index >= 15 is 0 Å². The lowest BCUT2D eigenvalue weighted by atomic mass is 10.0. The fraction of sp³-hybridized carbons (Fsp3) is 0.471. The molecule has 0 aromatic heterocycles. The minimum Gasteiger partial charge on any atom is -0.464 e.